The third kappa shape index (κ3) is 4.35. The van der Waals surface area contributed by atoms with Gasteiger partial charge in [0, 0.05) is 20.2 Å². The van der Waals surface area contributed by atoms with Crippen LogP contribution in [0.5, 0.6) is 0 Å². The molecule has 128 valence electrons. The normalized spacial score (nSPS) is 16.0. The number of methoxy groups -OCH3 is 1. The quantitative estimate of drug-likeness (QED) is 0.875. The first kappa shape index (κ1) is 18.5. The Morgan fingerprint density at radius 1 is 1.12 bits per heavy atom. The van der Waals surface area contributed by atoms with Crippen LogP contribution in [-0.2, 0) is 35.6 Å². The lowest BCUT2D eigenvalue weighted by atomic mass is 9.95. The van der Waals surface area contributed by atoms with Gasteiger partial charge in [-0.15, -0.1) is 12.4 Å². The summed E-state index contributed by atoms with van der Waals surface area (Å²) in [6, 6.07) is 16.1. The summed E-state index contributed by atoms with van der Waals surface area (Å²) in [5, 5.41) is 6.36. The van der Waals surface area contributed by atoms with Crippen LogP contribution in [0, 0.1) is 0 Å². The molecular formula is C19H23ClN2O2. The Balaban J connectivity index is 0.00000208. The number of nitrogens with one attached hydrogen (secondary N) is 2. The smallest absolute Gasteiger partial charge is 0.237 e. The molecule has 2 N–H and O–H groups in total. The molecule has 0 aliphatic carbocycles. The molecule has 1 atom stereocenters. The third-order valence-electron chi connectivity index (χ3n) is 4.27. The van der Waals surface area contributed by atoms with Gasteiger partial charge in [-0.1, -0.05) is 48.5 Å². The van der Waals surface area contributed by atoms with E-state index in [-0.39, 0.29) is 24.4 Å². The fourth-order valence-electron chi connectivity index (χ4n) is 2.97. The van der Waals surface area contributed by atoms with Crippen molar-refractivity contribution in [1.82, 2.24) is 10.6 Å². The van der Waals surface area contributed by atoms with Crippen molar-refractivity contribution in [2.45, 2.75) is 32.2 Å². The van der Waals surface area contributed by atoms with Crippen molar-refractivity contribution in [3.63, 3.8) is 0 Å². The molecule has 4 nitrogen and oxygen atoms in total. The van der Waals surface area contributed by atoms with Crippen LogP contribution in [0.4, 0.5) is 0 Å². The van der Waals surface area contributed by atoms with Crippen molar-refractivity contribution in [2.24, 2.45) is 0 Å². The molecule has 0 saturated heterocycles. The average Bonchev–Trinajstić information content (AvgIpc) is 2.60. The van der Waals surface area contributed by atoms with E-state index < -0.39 is 0 Å². The Bertz CT molecular complexity index is 691. The van der Waals surface area contributed by atoms with E-state index in [1.54, 1.807) is 7.11 Å². The molecule has 3 rings (SSSR count). The van der Waals surface area contributed by atoms with Crippen molar-refractivity contribution in [3.8, 4) is 0 Å². The largest absolute Gasteiger partial charge is 0.380 e. The fraction of sp³-hybridized carbons (Fsp3) is 0.316. The van der Waals surface area contributed by atoms with Crippen LogP contribution in [-0.4, -0.2) is 19.1 Å². The number of halogens is 1. The number of carbonyl (C=O) groups is 1. The van der Waals surface area contributed by atoms with E-state index >= 15 is 0 Å². The molecule has 1 heterocycles. The molecule has 1 aliphatic rings. The van der Waals surface area contributed by atoms with Gasteiger partial charge in [0.05, 0.1) is 12.6 Å². The van der Waals surface area contributed by atoms with Gasteiger partial charge in [0.15, 0.2) is 0 Å². The summed E-state index contributed by atoms with van der Waals surface area (Å²) in [5.41, 5.74) is 4.74. The lowest BCUT2D eigenvalue weighted by Crippen LogP contribution is -2.47. The summed E-state index contributed by atoms with van der Waals surface area (Å²) < 4.78 is 5.21. The van der Waals surface area contributed by atoms with Crippen molar-refractivity contribution >= 4 is 18.3 Å². The van der Waals surface area contributed by atoms with Gasteiger partial charge in [0.2, 0.25) is 5.91 Å². The first-order valence-electron chi connectivity index (χ1n) is 7.91. The number of fused-ring (bicyclic) bond motifs is 1. The first-order chi connectivity index (χ1) is 11.3. The van der Waals surface area contributed by atoms with E-state index in [9.17, 15) is 4.79 Å². The van der Waals surface area contributed by atoms with E-state index in [2.05, 4.69) is 22.8 Å². The Labute approximate surface area is 149 Å². The lowest BCUT2D eigenvalue weighted by Gasteiger charge is -2.25. The standard InChI is InChI=1S/C19H22N2O2.ClH/c1-23-13-17-9-5-4-8-16(17)12-21-19(22)18-10-14-6-2-3-7-15(14)11-20-18;/h2-9,18,20H,10-13H2,1H3,(H,21,22);1H. The van der Waals surface area contributed by atoms with Gasteiger partial charge in [-0.2, -0.15) is 0 Å². The van der Waals surface area contributed by atoms with Gasteiger partial charge in [-0.05, 0) is 28.7 Å². The number of ether oxygens (including phenoxy) is 1. The molecule has 1 aliphatic heterocycles. The molecule has 2 aromatic carbocycles. The van der Waals surface area contributed by atoms with Gasteiger partial charge in [0.1, 0.15) is 0 Å². The highest BCUT2D eigenvalue weighted by molar-refractivity contribution is 5.85. The predicted octanol–water partition coefficient (Wildman–Crippen LogP) is 2.59. The molecule has 2 aromatic rings. The summed E-state index contributed by atoms with van der Waals surface area (Å²) in [4.78, 5) is 12.4. The Morgan fingerprint density at radius 2 is 1.79 bits per heavy atom. The number of amides is 1. The molecule has 0 spiro atoms. The number of hydrogen-bond acceptors (Lipinski definition) is 3. The first-order valence-corrected chi connectivity index (χ1v) is 7.91. The van der Waals surface area contributed by atoms with Crippen molar-refractivity contribution in [2.75, 3.05) is 7.11 Å². The lowest BCUT2D eigenvalue weighted by molar-refractivity contribution is -0.123. The summed E-state index contributed by atoms with van der Waals surface area (Å²) in [6.45, 7) is 1.83. The van der Waals surface area contributed by atoms with E-state index in [4.69, 9.17) is 4.74 Å². The van der Waals surface area contributed by atoms with Gasteiger partial charge in [-0.25, -0.2) is 0 Å². The Hall–Kier alpha value is -1.88. The molecule has 0 radical (unpaired) electrons. The van der Waals surface area contributed by atoms with Gasteiger partial charge in [-0.3, -0.25) is 4.79 Å². The van der Waals surface area contributed by atoms with Crippen LogP contribution in [0.15, 0.2) is 48.5 Å². The SMILES string of the molecule is COCc1ccccc1CNC(=O)C1Cc2ccccc2CN1.Cl. The maximum Gasteiger partial charge on any atom is 0.237 e. The molecule has 0 saturated carbocycles. The summed E-state index contributed by atoms with van der Waals surface area (Å²) in [6.07, 6.45) is 0.738. The van der Waals surface area contributed by atoms with Crippen LogP contribution in [0.2, 0.25) is 0 Å². The maximum atomic E-state index is 12.4. The van der Waals surface area contributed by atoms with Gasteiger partial charge >= 0.3 is 0 Å². The predicted molar refractivity (Wildman–Crippen MR) is 97.0 cm³/mol. The maximum absolute atomic E-state index is 12.4. The number of rotatable bonds is 5. The minimum absolute atomic E-state index is 0. The molecule has 1 amide bonds. The third-order valence-corrected chi connectivity index (χ3v) is 4.27. The second kappa shape index (κ2) is 8.83. The molecule has 0 aromatic heterocycles. The molecular weight excluding hydrogens is 324 g/mol. The van der Waals surface area contributed by atoms with Crippen LogP contribution in [0.3, 0.4) is 0 Å². The highest BCUT2D eigenvalue weighted by atomic mass is 35.5. The van der Waals surface area contributed by atoms with E-state index in [1.807, 2.05) is 36.4 Å². The number of hydrogen-bond donors (Lipinski definition) is 2. The zero-order valence-corrected chi connectivity index (χ0v) is 14.6. The summed E-state index contributed by atoms with van der Waals surface area (Å²) >= 11 is 0. The van der Waals surface area contributed by atoms with E-state index in [0.29, 0.717) is 13.2 Å². The highest BCUT2D eigenvalue weighted by Gasteiger charge is 2.23. The average molecular weight is 347 g/mol. The minimum atomic E-state index is -0.167. The molecule has 0 fully saturated rings. The molecule has 1 unspecified atom stereocenters. The van der Waals surface area contributed by atoms with E-state index in [1.165, 1.54) is 11.1 Å². The van der Waals surface area contributed by atoms with Crippen LogP contribution >= 0.6 is 12.4 Å². The molecule has 5 heteroatoms. The monoisotopic (exact) mass is 346 g/mol. The Kier molecular flexibility index (Phi) is 6.79. The van der Waals surface area contributed by atoms with Crippen LogP contribution in [0.25, 0.3) is 0 Å². The van der Waals surface area contributed by atoms with Crippen molar-refractivity contribution < 1.29 is 9.53 Å². The zero-order chi connectivity index (χ0) is 16.1. The molecule has 24 heavy (non-hydrogen) atoms. The number of benzene rings is 2. The van der Waals surface area contributed by atoms with Crippen LogP contribution in [0.1, 0.15) is 22.3 Å². The second-order valence-corrected chi connectivity index (χ2v) is 5.83. The topological polar surface area (TPSA) is 50.4 Å². The van der Waals surface area contributed by atoms with Gasteiger partial charge < -0.3 is 15.4 Å². The van der Waals surface area contributed by atoms with Crippen LogP contribution < -0.4 is 10.6 Å². The zero-order valence-electron chi connectivity index (χ0n) is 13.7. The summed E-state index contributed by atoms with van der Waals surface area (Å²) in [7, 11) is 1.68. The molecule has 0 bridgehead atoms. The van der Waals surface area contributed by atoms with E-state index in [0.717, 1.165) is 24.1 Å². The second-order valence-electron chi connectivity index (χ2n) is 5.83. The number of carbonyl (C=O) groups excluding carboxylic acids is 1. The fourth-order valence-corrected chi connectivity index (χ4v) is 2.97. The van der Waals surface area contributed by atoms with Crippen molar-refractivity contribution in [1.29, 1.82) is 0 Å². The summed E-state index contributed by atoms with van der Waals surface area (Å²) in [5.74, 6) is 0.0479. The van der Waals surface area contributed by atoms with Gasteiger partial charge in [0.25, 0.3) is 0 Å². The highest BCUT2D eigenvalue weighted by Crippen LogP contribution is 2.16. The minimum Gasteiger partial charge on any atom is -0.380 e. The Morgan fingerprint density at radius 3 is 2.54 bits per heavy atom. The van der Waals surface area contributed by atoms with Crippen molar-refractivity contribution in [3.05, 3.63) is 70.8 Å².